The first-order valence-electron chi connectivity index (χ1n) is 2.67. The van der Waals surface area contributed by atoms with Gasteiger partial charge >= 0.3 is 0 Å². The van der Waals surface area contributed by atoms with E-state index >= 15 is 0 Å². The van der Waals surface area contributed by atoms with E-state index in [1.807, 2.05) is 0 Å². The topological polar surface area (TPSA) is 12.9 Å². The number of halogens is 2. The van der Waals surface area contributed by atoms with Gasteiger partial charge in [-0.25, -0.2) is 0 Å². The molecule has 0 amide bonds. The molecule has 0 aliphatic rings. The summed E-state index contributed by atoms with van der Waals surface area (Å²) < 4.78 is 0. The van der Waals surface area contributed by atoms with Crippen molar-refractivity contribution in [2.75, 3.05) is 0 Å². The van der Waals surface area contributed by atoms with E-state index in [4.69, 9.17) is 23.2 Å². The summed E-state index contributed by atoms with van der Waals surface area (Å²) in [5.74, 6) is 0. The first-order chi connectivity index (χ1) is 4.74. The van der Waals surface area contributed by atoms with Crippen molar-refractivity contribution in [1.29, 1.82) is 0 Å². The molecule has 0 fully saturated rings. The molecule has 11 heavy (non-hydrogen) atoms. The Morgan fingerprint density at radius 1 is 1.45 bits per heavy atom. The molecule has 0 spiro atoms. The lowest BCUT2D eigenvalue weighted by Crippen LogP contribution is -1.80. The fourth-order valence-corrected chi connectivity index (χ4v) is 1.03. The normalized spacial score (nSPS) is 8.55. The Hall–Kier alpha value is -0.530. The van der Waals surface area contributed by atoms with Gasteiger partial charge in [0.25, 0.3) is 0 Å². The molecule has 0 radical (unpaired) electrons. The van der Waals surface area contributed by atoms with Crippen molar-refractivity contribution < 1.29 is 0 Å². The van der Waals surface area contributed by atoms with Crippen LogP contribution < -0.4 is 0 Å². The van der Waals surface area contributed by atoms with E-state index in [1.165, 1.54) is 6.20 Å². The van der Waals surface area contributed by atoms with E-state index in [0.717, 1.165) is 0 Å². The van der Waals surface area contributed by atoms with Crippen LogP contribution in [0.5, 0.6) is 0 Å². The number of rotatable bonds is 1. The second-order valence-electron chi connectivity index (χ2n) is 1.72. The van der Waals surface area contributed by atoms with E-state index in [9.17, 15) is 0 Å². The average Bonchev–Trinajstić information content (AvgIpc) is 1.88. The van der Waals surface area contributed by atoms with Crippen LogP contribution in [0, 0.1) is 0 Å². The quantitative estimate of drug-likeness (QED) is 0.658. The summed E-state index contributed by atoms with van der Waals surface area (Å²) in [4.78, 5) is 3.91. The predicted molar refractivity (Wildman–Crippen MR) is 51.1 cm³/mol. The maximum Gasteiger partial charge on any atom is 0.0811 e. The molecule has 1 heterocycles. The molecule has 1 rings (SSSR count). The zero-order valence-corrected chi connectivity index (χ0v) is 6.65. The maximum atomic E-state index is 5.71. The van der Waals surface area contributed by atoms with Crippen LogP contribution in [0.3, 0.4) is 0 Å². The zero-order chi connectivity index (χ0) is 7.56. The fourth-order valence-electron chi connectivity index (χ4n) is 0.575. The summed E-state index contributed by atoms with van der Waals surface area (Å²) in [5.41, 5.74) is 0.658. The largest absolute Gasteiger partial charge is 0.254 e. The Bertz CT molecular complexity index is 258. The predicted octanol–water partition coefficient (Wildman–Crippen LogP) is 3.67. The third kappa shape index (κ3) is 2.52. The Morgan fingerprint density at radius 3 is 2.55 bits per heavy atom. The molecule has 0 bridgehead atoms. The second kappa shape index (κ2) is 4.37. The van der Waals surface area contributed by atoms with Gasteiger partial charge in [-0.05, 0) is 12.1 Å². The zero-order valence-electron chi connectivity index (χ0n) is 5.14. The first-order valence-corrected chi connectivity index (χ1v) is 3.43. The fraction of sp³-hybridized carbons (Fsp3) is 0.125. The molecule has 1 aromatic heterocycles. The van der Waals surface area contributed by atoms with Crippen LogP contribution in [0.1, 0.15) is 13.1 Å². The second-order valence-corrected chi connectivity index (χ2v) is 2.57. The van der Waals surface area contributed by atoms with Crippen LogP contribution in [0.25, 0.3) is 6.08 Å². The molecule has 0 aliphatic carbocycles. The number of pyridine rings is 1. The summed E-state index contributed by atoms with van der Waals surface area (Å²) in [6, 6.07) is 1.63. The van der Waals surface area contributed by atoms with Crippen molar-refractivity contribution in [3.63, 3.8) is 0 Å². The van der Waals surface area contributed by atoms with Crippen molar-refractivity contribution in [3.05, 3.63) is 34.6 Å². The lowest BCUT2D eigenvalue weighted by molar-refractivity contribution is 1.30. The number of aromatic nitrogens is 1. The summed E-state index contributed by atoms with van der Waals surface area (Å²) in [5, 5.41) is 1.07. The minimum Gasteiger partial charge on any atom is -0.254 e. The summed E-state index contributed by atoms with van der Waals surface area (Å²) >= 11 is 11.3. The molecule has 0 atom stereocenters. The van der Waals surface area contributed by atoms with E-state index in [1.54, 1.807) is 12.1 Å². The van der Waals surface area contributed by atoms with Gasteiger partial charge in [-0.1, -0.05) is 37.2 Å². The van der Waals surface area contributed by atoms with Gasteiger partial charge in [0.15, 0.2) is 0 Å². The highest BCUT2D eigenvalue weighted by Gasteiger charge is 1.96. The molecule has 0 N–H and O–H groups in total. The van der Waals surface area contributed by atoms with Crippen LogP contribution in [-0.4, -0.2) is 4.98 Å². The highest BCUT2D eigenvalue weighted by atomic mass is 35.5. The first kappa shape index (κ1) is 10.5. The van der Waals surface area contributed by atoms with E-state index < -0.39 is 0 Å². The van der Waals surface area contributed by atoms with Gasteiger partial charge in [0, 0.05) is 6.20 Å². The molecule has 0 aromatic carbocycles. The molecule has 60 valence electrons. The van der Waals surface area contributed by atoms with Crippen LogP contribution in [-0.2, 0) is 0 Å². The smallest absolute Gasteiger partial charge is 0.0811 e. The van der Waals surface area contributed by atoms with E-state index in [2.05, 4.69) is 11.6 Å². The van der Waals surface area contributed by atoms with Crippen LogP contribution in [0.2, 0.25) is 10.0 Å². The summed E-state index contributed by atoms with van der Waals surface area (Å²) in [6.45, 7) is 3.53. The number of hydrogen-bond acceptors (Lipinski definition) is 1. The minimum absolute atomic E-state index is 0. The molecule has 3 heteroatoms. The monoisotopic (exact) mass is 189 g/mol. The van der Waals surface area contributed by atoms with Gasteiger partial charge in [0.05, 0.1) is 15.7 Å². The van der Waals surface area contributed by atoms with Gasteiger partial charge in [-0.15, -0.1) is 0 Å². The van der Waals surface area contributed by atoms with Crippen LogP contribution in [0.4, 0.5) is 0 Å². The molecule has 1 aromatic rings. The van der Waals surface area contributed by atoms with Gasteiger partial charge in [0.2, 0.25) is 0 Å². The van der Waals surface area contributed by atoms with E-state index in [0.29, 0.717) is 15.7 Å². The van der Waals surface area contributed by atoms with Gasteiger partial charge in [-0.3, -0.25) is 4.98 Å². The average molecular weight is 190 g/mol. The minimum atomic E-state index is 0. The highest BCUT2D eigenvalue weighted by molar-refractivity contribution is 6.35. The van der Waals surface area contributed by atoms with Crippen molar-refractivity contribution in [1.82, 2.24) is 4.98 Å². The van der Waals surface area contributed by atoms with Crippen molar-refractivity contribution in [3.8, 4) is 0 Å². The molecule has 0 unspecified atom stereocenters. The number of nitrogens with zero attached hydrogens (tertiary/aromatic N) is 1. The maximum absolute atomic E-state index is 5.71. The van der Waals surface area contributed by atoms with Crippen LogP contribution in [0.15, 0.2) is 18.8 Å². The molecular formula is C8H9Cl2N. The summed E-state index contributed by atoms with van der Waals surface area (Å²) in [6.07, 6.45) is 3.11. The Labute approximate surface area is 76.7 Å². The SMILES string of the molecule is C.C=Cc1ncc(Cl)cc1Cl. The lowest BCUT2D eigenvalue weighted by Gasteiger charge is -1.95. The highest BCUT2D eigenvalue weighted by Crippen LogP contribution is 2.18. The molecule has 0 aliphatic heterocycles. The molecular weight excluding hydrogens is 181 g/mol. The Morgan fingerprint density at radius 2 is 2.09 bits per heavy atom. The van der Waals surface area contributed by atoms with E-state index in [-0.39, 0.29) is 7.43 Å². The van der Waals surface area contributed by atoms with Gasteiger partial charge in [0.1, 0.15) is 0 Å². The third-order valence-corrected chi connectivity index (χ3v) is 1.54. The standard InChI is InChI=1S/C7H5Cl2N.CH4/c1-2-7-6(9)3-5(8)4-10-7;/h2-4H,1H2;1H4. The molecule has 0 saturated carbocycles. The van der Waals surface area contributed by atoms with Crippen molar-refractivity contribution in [2.45, 2.75) is 7.43 Å². The summed E-state index contributed by atoms with van der Waals surface area (Å²) in [7, 11) is 0. The van der Waals surface area contributed by atoms with Gasteiger partial charge < -0.3 is 0 Å². The number of hydrogen-bond donors (Lipinski definition) is 0. The van der Waals surface area contributed by atoms with Gasteiger partial charge in [-0.2, -0.15) is 0 Å². The Balaban J connectivity index is 0.000001000. The Kier molecular flexibility index (Phi) is 4.16. The van der Waals surface area contributed by atoms with Crippen LogP contribution >= 0.6 is 23.2 Å². The lowest BCUT2D eigenvalue weighted by atomic mass is 10.3. The van der Waals surface area contributed by atoms with Crippen molar-refractivity contribution in [2.24, 2.45) is 0 Å². The van der Waals surface area contributed by atoms with Crippen molar-refractivity contribution >= 4 is 29.3 Å². The molecule has 0 saturated heterocycles. The third-order valence-electron chi connectivity index (χ3n) is 1.03. The molecule has 1 nitrogen and oxygen atoms in total.